The van der Waals surface area contributed by atoms with Crippen molar-refractivity contribution in [3.8, 4) is 0 Å². The average Bonchev–Trinajstić information content (AvgIpc) is 2.28. The Hall–Kier alpha value is -1.56. The molecule has 1 aliphatic heterocycles. The molecule has 1 unspecified atom stereocenters. The largest absolute Gasteiger partial charge is 0.384 e. The number of nitrogens with zero attached hydrogens (tertiary/aromatic N) is 1. The maximum absolute atomic E-state index is 11.3. The molecule has 1 aromatic rings. The summed E-state index contributed by atoms with van der Waals surface area (Å²) in [5.41, 5.74) is 8.32. The average molecular weight is 252 g/mol. The maximum atomic E-state index is 11.3. The lowest BCUT2D eigenvalue weighted by Crippen LogP contribution is -2.24. The molecule has 6 heteroatoms. The standard InChI is InChI=1S/C11H16N4OS/c1-2-3-7-13-8-5-4-6-9-10(8)11(12)15-17(16)14-9/h4-6,13-14H,2-3,7H2,1H3,(H2,12,15). The molecule has 0 saturated heterocycles. The second kappa shape index (κ2) is 5.18. The van der Waals surface area contributed by atoms with Crippen molar-refractivity contribution in [2.75, 3.05) is 16.6 Å². The van der Waals surface area contributed by atoms with Crippen LogP contribution in [0.2, 0.25) is 0 Å². The minimum atomic E-state index is -1.46. The normalized spacial score (nSPS) is 17.9. The van der Waals surface area contributed by atoms with Gasteiger partial charge in [0.05, 0.1) is 11.3 Å². The van der Waals surface area contributed by atoms with Crippen molar-refractivity contribution in [3.05, 3.63) is 23.8 Å². The van der Waals surface area contributed by atoms with Crippen LogP contribution in [0.4, 0.5) is 11.4 Å². The molecule has 2 rings (SSSR count). The maximum Gasteiger partial charge on any atom is 0.245 e. The molecule has 4 N–H and O–H groups in total. The van der Waals surface area contributed by atoms with Gasteiger partial charge in [-0.15, -0.1) is 0 Å². The molecule has 5 nitrogen and oxygen atoms in total. The van der Waals surface area contributed by atoms with Crippen molar-refractivity contribution in [1.82, 2.24) is 0 Å². The van der Waals surface area contributed by atoms with Crippen LogP contribution in [0.1, 0.15) is 25.3 Å². The topological polar surface area (TPSA) is 79.5 Å². The highest BCUT2D eigenvalue weighted by molar-refractivity contribution is 7.85. The van der Waals surface area contributed by atoms with E-state index in [1.54, 1.807) is 0 Å². The number of fused-ring (bicyclic) bond motifs is 1. The summed E-state index contributed by atoms with van der Waals surface area (Å²) in [4.78, 5) is 0. The first kappa shape index (κ1) is 11.9. The lowest BCUT2D eigenvalue weighted by atomic mass is 10.1. The molecular weight excluding hydrogens is 236 g/mol. The predicted molar refractivity (Wildman–Crippen MR) is 72.3 cm³/mol. The molecule has 0 spiro atoms. The highest BCUT2D eigenvalue weighted by atomic mass is 32.2. The second-order valence-corrected chi connectivity index (χ2v) is 4.72. The predicted octanol–water partition coefficient (Wildman–Crippen LogP) is 1.61. The lowest BCUT2D eigenvalue weighted by Gasteiger charge is -2.18. The molecule has 0 fully saturated rings. The Morgan fingerprint density at radius 1 is 1.53 bits per heavy atom. The molecular formula is C11H16N4OS. The number of unbranched alkanes of at least 4 members (excludes halogenated alkanes) is 1. The van der Waals surface area contributed by atoms with E-state index in [4.69, 9.17) is 5.73 Å². The Kier molecular flexibility index (Phi) is 3.63. The number of amidine groups is 1. The van der Waals surface area contributed by atoms with Crippen LogP contribution in [-0.2, 0) is 11.2 Å². The Morgan fingerprint density at radius 2 is 2.35 bits per heavy atom. The zero-order valence-corrected chi connectivity index (χ0v) is 10.5. The van der Waals surface area contributed by atoms with E-state index in [0.29, 0.717) is 5.84 Å². The Bertz CT molecular complexity index is 473. The van der Waals surface area contributed by atoms with E-state index in [1.165, 1.54) is 0 Å². The molecule has 0 radical (unpaired) electrons. The van der Waals surface area contributed by atoms with E-state index in [-0.39, 0.29) is 0 Å². The zero-order valence-electron chi connectivity index (χ0n) is 9.69. The van der Waals surface area contributed by atoms with Crippen LogP contribution in [0.25, 0.3) is 0 Å². The van der Waals surface area contributed by atoms with Crippen LogP contribution in [0.3, 0.4) is 0 Å². The van der Waals surface area contributed by atoms with Crippen molar-refractivity contribution in [1.29, 1.82) is 0 Å². The fraction of sp³-hybridized carbons (Fsp3) is 0.364. The highest BCUT2D eigenvalue weighted by Crippen LogP contribution is 2.27. The minimum Gasteiger partial charge on any atom is -0.384 e. The molecule has 1 atom stereocenters. The van der Waals surface area contributed by atoms with Crippen molar-refractivity contribution >= 4 is 28.4 Å². The number of anilines is 2. The van der Waals surface area contributed by atoms with Gasteiger partial charge in [0.25, 0.3) is 0 Å². The zero-order chi connectivity index (χ0) is 12.3. The summed E-state index contributed by atoms with van der Waals surface area (Å²) in [5, 5.41) is 3.32. The van der Waals surface area contributed by atoms with E-state index in [9.17, 15) is 4.21 Å². The van der Waals surface area contributed by atoms with Crippen LogP contribution in [0, 0.1) is 0 Å². The van der Waals surface area contributed by atoms with Gasteiger partial charge >= 0.3 is 0 Å². The summed E-state index contributed by atoms with van der Waals surface area (Å²) in [6.45, 7) is 3.03. The molecule has 0 bridgehead atoms. The summed E-state index contributed by atoms with van der Waals surface area (Å²) in [7, 11) is 0. The molecule has 1 aliphatic rings. The van der Waals surface area contributed by atoms with Gasteiger partial charge in [0.1, 0.15) is 5.84 Å². The number of hydrogen-bond donors (Lipinski definition) is 3. The summed E-state index contributed by atoms with van der Waals surface area (Å²) in [5.74, 6) is 0.316. The molecule has 1 heterocycles. The first-order valence-corrected chi connectivity index (χ1v) is 6.73. The van der Waals surface area contributed by atoms with E-state index < -0.39 is 11.2 Å². The van der Waals surface area contributed by atoms with Crippen molar-refractivity contribution in [2.45, 2.75) is 19.8 Å². The van der Waals surface area contributed by atoms with Gasteiger partial charge in [-0.25, -0.2) is 4.21 Å². The van der Waals surface area contributed by atoms with Crippen molar-refractivity contribution in [3.63, 3.8) is 0 Å². The van der Waals surface area contributed by atoms with Crippen LogP contribution in [-0.4, -0.2) is 16.6 Å². The van der Waals surface area contributed by atoms with Gasteiger partial charge in [-0.3, -0.25) is 4.72 Å². The van der Waals surface area contributed by atoms with Crippen LogP contribution >= 0.6 is 0 Å². The number of nitrogens with one attached hydrogen (secondary N) is 2. The van der Waals surface area contributed by atoms with E-state index in [2.05, 4.69) is 21.4 Å². The van der Waals surface area contributed by atoms with Crippen molar-refractivity contribution in [2.24, 2.45) is 10.1 Å². The highest BCUT2D eigenvalue weighted by Gasteiger charge is 2.18. The smallest absolute Gasteiger partial charge is 0.245 e. The third kappa shape index (κ3) is 2.58. The number of benzene rings is 1. The van der Waals surface area contributed by atoms with Crippen LogP contribution in [0.15, 0.2) is 22.6 Å². The quantitative estimate of drug-likeness (QED) is 0.712. The fourth-order valence-electron chi connectivity index (χ4n) is 1.71. The minimum absolute atomic E-state index is 0.316. The van der Waals surface area contributed by atoms with E-state index >= 15 is 0 Å². The summed E-state index contributed by atoms with van der Waals surface area (Å²) < 4.78 is 17.9. The van der Waals surface area contributed by atoms with Gasteiger partial charge in [0.15, 0.2) is 0 Å². The lowest BCUT2D eigenvalue weighted by molar-refractivity contribution is 0.687. The fourth-order valence-corrected chi connectivity index (χ4v) is 2.39. The Balaban J connectivity index is 2.28. The third-order valence-corrected chi connectivity index (χ3v) is 3.30. The van der Waals surface area contributed by atoms with E-state index in [1.807, 2.05) is 18.2 Å². The SMILES string of the molecule is CCCCNc1cccc2c1C(N)=NS(=O)N2. The first-order chi connectivity index (χ1) is 8.22. The van der Waals surface area contributed by atoms with Gasteiger partial charge in [-0.05, 0) is 18.6 Å². The second-order valence-electron chi connectivity index (χ2n) is 3.84. The van der Waals surface area contributed by atoms with Gasteiger partial charge < -0.3 is 11.1 Å². The molecule has 0 aromatic heterocycles. The Morgan fingerprint density at radius 3 is 3.12 bits per heavy atom. The molecule has 1 aromatic carbocycles. The summed E-state index contributed by atoms with van der Waals surface area (Å²) in [6, 6.07) is 5.70. The molecule has 92 valence electrons. The third-order valence-electron chi connectivity index (χ3n) is 2.54. The van der Waals surface area contributed by atoms with Gasteiger partial charge in [0.2, 0.25) is 11.2 Å². The molecule has 0 aliphatic carbocycles. The van der Waals surface area contributed by atoms with Gasteiger partial charge in [-0.1, -0.05) is 19.4 Å². The molecule has 0 amide bonds. The van der Waals surface area contributed by atoms with Crippen LogP contribution < -0.4 is 15.8 Å². The summed E-state index contributed by atoms with van der Waals surface area (Å²) >= 11 is -1.46. The van der Waals surface area contributed by atoms with E-state index in [0.717, 1.165) is 36.3 Å². The number of nitrogens with two attached hydrogens (primary N) is 1. The first-order valence-electron chi connectivity index (χ1n) is 5.62. The monoisotopic (exact) mass is 252 g/mol. The molecule has 17 heavy (non-hydrogen) atoms. The van der Waals surface area contributed by atoms with Crippen molar-refractivity contribution < 1.29 is 4.21 Å². The van der Waals surface area contributed by atoms with Gasteiger partial charge in [-0.2, -0.15) is 4.40 Å². The number of hydrogen-bond acceptors (Lipinski definition) is 3. The van der Waals surface area contributed by atoms with Gasteiger partial charge in [0, 0.05) is 12.2 Å². The summed E-state index contributed by atoms with van der Waals surface area (Å²) in [6.07, 6.45) is 2.23. The number of rotatable bonds is 4. The van der Waals surface area contributed by atoms with Crippen LogP contribution in [0.5, 0.6) is 0 Å². The Labute approximate surface area is 103 Å². The molecule has 0 saturated carbocycles.